The van der Waals surface area contributed by atoms with Gasteiger partial charge in [-0.1, -0.05) is 30.3 Å². The highest BCUT2D eigenvalue weighted by atomic mass is 16.7. The van der Waals surface area contributed by atoms with Gasteiger partial charge in [-0.3, -0.25) is 4.90 Å². The molecule has 1 aromatic carbocycles. The maximum atomic E-state index is 12.2. The second-order valence-corrected chi connectivity index (χ2v) is 7.44. The molecule has 0 saturated carbocycles. The molecule has 0 aliphatic carbocycles. The predicted octanol–water partition coefficient (Wildman–Crippen LogP) is 2.63. The van der Waals surface area contributed by atoms with E-state index in [0.717, 1.165) is 19.6 Å². The van der Waals surface area contributed by atoms with Gasteiger partial charge in [-0.25, -0.2) is 4.79 Å². The van der Waals surface area contributed by atoms with E-state index in [4.69, 9.17) is 14.2 Å². The molecule has 1 aliphatic heterocycles. The van der Waals surface area contributed by atoms with Crippen LogP contribution in [0.2, 0.25) is 0 Å². The van der Waals surface area contributed by atoms with Gasteiger partial charge in [0.25, 0.3) is 0 Å². The Balaban J connectivity index is 2.04. The molecule has 1 N–H and O–H groups in total. The van der Waals surface area contributed by atoms with Crippen molar-refractivity contribution in [2.45, 2.75) is 45.2 Å². The number of hydrogen-bond acceptors (Lipinski definition) is 5. The summed E-state index contributed by atoms with van der Waals surface area (Å²) in [4.78, 5) is 14.5. The Labute approximate surface area is 150 Å². The van der Waals surface area contributed by atoms with Crippen LogP contribution in [0.15, 0.2) is 30.3 Å². The van der Waals surface area contributed by atoms with Gasteiger partial charge in [0, 0.05) is 39.8 Å². The topological polar surface area (TPSA) is 60.0 Å². The van der Waals surface area contributed by atoms with Crippen LogP contribution in [0.4, 0.5) is 4.79 Å². The van der Waals surface area contributed by atoms with Crippen molar-refractivity contribution < 1.29 is 19.0 Å². The van der Waals surface area contributed by atoms with E-state index in [-0.39, 0.29) is 18.2 Å². The van der Waals surface area contributed by atoms with Crippen LogP contribution in [-0.4, -0.2) is 56.2 Å². The van der Waals surface area contributed by atoms with Gasteiger partial charge < -0.3 is 19.5 Å². The summed E-state index contributed by atoms with van der Waals surface area (Å²) in [5, 5.41) is 2.99. The molecule has 2 rings (SSSR count). The monoisotopic (exact) mass is 350 g/mol. The summed E-state index contributed by atoms with van der Waals surface area (Å²) in [6, 6.07) is 10.2. The summed E-state index contributed by atoms with van der Waals surface area (Å²) >= 11 is 0. The SMILES string of the molecule is COC(OC)[C@@H]1CN(Cc2ccccc2)C[C@@H]1NC(=O)OC(C)(C)C. The third-order valence-electron chi connectivity index (χ3n) is 4.21. The van der Waals surface area contributed by atoms with E-state index in [1.54, 1.807) is 14.2 Å². The van der Waals surface area contributed by atoms with Gasteiger partial charge in [0.2, 0.25) is 0 Å². The van der Waals surface area contributed by atoms with Gasteiger partial charge in [0.1, 0.15) is 5.60 Å². The largest absolute Gasteiger partial charge is 0.444 e. The number of ether oxygens (including phenoxy) is 3. The number of carbonyl (C=O) groups is 1. The molecule has 1 heterocycles. The van der Waals surface area contributed by atoms with E-state index in [1.807, 2.05) is 39.0 Å². The maximum Gasteiger partial charge on any atom is 0.407 e. The van der Waals surface area contributed by atoms with E-state index in [2.05, 4.69) is 22.3 Å². The molecule has 0 bridgehead atoms. The fraction of sp³-hybridized carbons (Fsp3) is 0.632. The second kappa shape index (κ2) is 8.65. The first-order valence-electron chi connectivity index (χ1n) is 8.64. The predicted molar refractivity (Wildman–Crippen MR) is 96.2 cm³/mol. The number of likely N-dealkylation sites (tertiary alicyclic amines) is 1. The Morgan fingerprint density at radius 2 is 1.84 bits per heavy atom. The first-order chi connectivity index (χ1) is 11.8. The van der Waals surface area contributed by atoms with Crippen molar-refractivity contribution in [1.29, 1.82) is 0 Å². The highest BCUT2D eigenvalue weighted by Gasteiger charge is 2.40. The van der Waals surface area contributed by atoms with Gasteiger partial charge in [-0.15, -0.1) is 0 Å². The first-order valence-corrected chi connectivity index (χ1v) is 8.64. The number of hydrogen-bond donors (Lipinski definition) is 1. The molecule has 0 radical (unpaired) electrons. The smallest absolute Gasteiger partial charge is 0.407 e. The molecule has 6 nitrogen and oxygen atoms in total. The normalized spacial score (nSPS) is 21.5. The molecule has 1 aromatic rings. The minimum atomic E-state index is -0.524. The molecule has 1 fully saturated rings. The zero-order chi connectivity index (χ0) is 18.4. The van der Waals surface area contributed by atoms with Crippen LogP contribution in [-0.2, 0) is 20.8 Å². The minimum Gasteiger partial charge on any atom is -0.444 e. The summed E-state index contributed by atoms with van der Waals surface area (Å²) < 4.78 is 16.3. The number of methoxy groups -OCH3 is 2. The molecule has 1 amide bonds. The molecule has 0 aromatic heterocycles. The Bertz CT molecular complexity index is 540. The van der Waals surface area contributed by atoms with E-state index in [0.29, 0.717) is 0 Å². The van der Waals surface area contributed by atoms with Crippen LogP contribution in [0.5, 0.6) is 0 Å². The molecule has 25 heavy (non-hydrogen) atoms. The minimum absolute atomic E-state index is 0.0335. The Morgan fingerprint density at radius 1 is 1.20 bits per heavy atom. The van der Waals surface area contributed by atoms with Gasteiger partial charge >= 0.3 is 6.09 Å². The molecule has 0 spiro atoms. The molecule has 140 valence electrons. The number of carbonyl (C=O) groups excluding carboxylic acids is 1. The summed E-state index contributed by atoms with van der Waals surface area (Å²) in [5.74, 6) is 0.0335. The molecule has 6 heteroatoms. The lowest BCUT2D eigenvalue weighted by molar-refractivity contribution is -0.138. The summed E-state index contributed by atoms with van der Waals surface area (Å²) in [7, 11) is 3.25. The fourth-order valence-corrected chi connectivity index (χ4v) is 3.22. The van der Waals surface area contributed by atoms with Crippen molar-refractivity contribution in [2.75, 3.05) is 27.3 Å². The second-order valence-electron chi connectivity index (χ2n) is 7.44. The number of nitrogens with zero attached hydrogens (tertiary/aromatic N) is 1. The van der Waals surface area contributed by atoms with E-state index < -0.39 is 11.7 Å². The Morgan fingerprint density at radius 3 is 2.40 bits per heavy atom. The summed E-state index contributed by atoms with van der Waals surface area (Å²) in [6.07, 6.45) is -0.782. The van der Waals surface area contributed by atoms with Crippen molar-refractivity contribution in [1.82, 2.24) is 10.2 Å². The quantitative estimate of drug-likeness (QED) is 0.799. The van der Waals surface area contributed by atoms with Gasteiger partial charge in [0.05, 0.1) is 6.04 Å². The molecule has 2 atom stereocenters. The zero-order valence-corrected chi connectivity index (χ0v) is 15.8. The number of benzene rings is 1. The Kier molecular flexibility index (Phi) is 6.81. The zero-order valence-electron chi connectivity index (χ0n) is 15.8. The highest BCUT2D eigenvalue weighted by molar-refractivity contribution is 5.68. The number of amides is 1. The van der Waals surface area contributed by atoms with Crippen LogP contribution >= 0.6 is 0 Å². The van der Waals surface area contributed by atoms with Gasteiger partial charge in [-0.2, -0.15) is 0 Å². The molecular weight excluding hydrogens is 320 g/mol. The number of nitrogens with one attached hydrogen (secondary N) is 1. The van der Waals surface area contributed by atoms with Crippen molar-refractivity contribution >= 4 is 6.09 Å². The Hall–Kier alpha value is -1.63. The standard InChI is InChI=1S/C19H30N2O4/c1-19(2,3)25-18(22)20-16-13-21(11-14-9-7-6-8-10-14)12-15(16)17(23-4)24-5/h6-10,15-17H,11-13H2,1-5H3,(H,20,22)/t15-,16+/m1/s1. The van der Waals surface area contributed by atoms with Gasteiger partial charge in [-0.05, 0) is 26.3 Å². The molecule has 1 saturated heterocycles. The fourth-order valence-electron chi connectivity index (χ4n) is 3.22. The van der Waals surface area contributed by atoms with Crippen LogP contribution < -0.4 is 5.32 Å². The lowest BCUT2D eigenvalue weighted by Gasteiger charge is -2.27. The van der Waals surface area contributed by atoms with E-state index >= 15 is 0 Å². The molecule has 0 unspecified atom stereocenters. The lowest BCUT2D eigenvalue weighted by Crippen LogP contribution is -2.46. The molecular formula is C19H30N2O4. The van der Waals surface area contributed by atoms with Crippen molar-refractivity contribution in [3.8, 4) is 0 Å². The third-order valence-corrected chi connectivity index (χ3v) is 4.21. The van der Waals surface area contributed by atoms with Gasteiger partial charge in [0.15, 0.2) is 6.29 Å². The van der Waals surface area contributed by atoms with Crippen molar-refractivity contribution in [3.63, 3.8) is 0 Å². The average Bonchev–Trinajstić information content (AvgIpc) is 2.90. The lowest BCUT2D eigenvalue weighted by atomic mass is 10.0. The van der Waals surface area contributed by atoms with Crippen LogP contribution in [0.25, 0.3) is 0 Å². The van der Waals surface area contributed by atoms with Crippen LogP contribution in [0.1, 0.15) is 26.3 Å². The van der Waals surface area contributed by atoms with E-state index in [1.165, 1.54) is 5.56 Å². The highest BCUT2D eigenvalue weighted by Crippen LogP contribution is 2.25. The van der Waals surface area contributed by atoms with Crippen LogP contribution in [0.3, 0.4) is 0 Å². The average molecular weight is 350 g/mol. The summed E-state index contributed by atoms with van der Waals surface area (Å²) in [5.41, 5.74) is 0.717. The summed E-state index contributed by atoms with van der Waals surface area (Å²) in [6.45, 7) is 7.89. The van der Waals surface area contributed by atoms with Crippen molar-refractivity contribution in [3.05, 3.63) is 35.9 Å². The maximum absolute atomic E-state index is 12.2. The third kappa shape index (κ3) is 5.99. The number of alkyl carbamates (subject to hydrolysis) is 1. The van der Waals surface area contributed by atoms with Crippen molar-refractivity contribution in [2.24, 2.45) is 5.92 Å². The number of rotatable bonds is 6. The van der Waals surface area contributed by atoms with E-state index in [9.17, 15) is 4.79 Å². The first kappa shape index (κ1) is 19.7. The molecule has 1 aliphatic rings. The van der Waals surface area contributed by atoms with Crippen LogP contribution in [0, 0.1) is 5.92 Å².